The van der Waals surface area contributed by atoms with Crippen molar-refractivity contribution in [3.8, 4) is 5.75 Å². The van der Waals surface area contributed by atoms with Crippen LogP contribution in [0.5, 0.6) is 5.75 Å². The van der Waals surface area contributed by atoms with Crippen LogP contribution in [-0.2, 0) is 6.54 Å². The number of aryl methyl sites for hydroxylation is 1. The molecule has 2 aromatic carbocycles. The number of aromatic nitrogens is 1. The number of methoxy groups -OCH3 is 1. The van der Waals surface area contributed by atoms with Crippen LogP contribution in [0, 0.1) is 6.92 Å². The second-order valence-electron chi connectivity index (χ2n) is 5.96. The number of ether oxygens (including phenoxy) is 1. The van der Waals surface area contributed by atoms with Gasteiger partial charge in [-0.3, -0.25) is 9.78 Å². The van der Waals surface area contributed by atoms with E-state index in [1.165, 1.54) is 5.56 Å². The van der Waals surface area contributed by atoms with Crippen molar-refractivity contribution in [1.29, 1.82) is 0 Å². The third kappa shape index (κ3) is 4.60. The molecule has 0 aliphatic carbocycles. The predicted molar refractivity (Wildman–Crippen MR) is 103 cm³/mol. The summed E-state index contributed by atoms with van der Waals surface area (Å²) in [5.74, 6) is 0.556. The van der Waals surface area contributed by atoms with Gasteiger partial charge in [0.1, 0.15) is 11.4 Å². The minimum Gasteiger partial charge on any atom is -0.497 e. The highest BCUT2D eigenvalue weighted by molar-refractivity contribution is 5.93. The predicted octanol–water partition coefficient (Wildman–Crippen LogP) is 4.07. The summed E-state index contributed by atoms with van der Waals surface area (Å²) < 4.78 is 5.22. The van der Waals surface area contributed by atoms with Crippen LogP contribution in [0.25, 0.3) is 0 Å². The van der Waals surface area contributed by atoms with Crippen molar-refractivity contribution in [2.24, 2.45) is 0 Å². The zero-order valence-corrected chi connectivity index (χ0v) is 14.8. The van der Waals surface area contributed by atoms with Gasteiger partial charge in [-0.2, -0.15) is 0 Å². The summed E-state index contributed by atoms with van der Waals surface area (Å²) >= 11 is 0. The second-order valence-corrected chi connectivity index (χ2v) is 5.96. The van der Waals surface area contributed by atoms with E-state index < -0.39 is 0 Å². The highest BCUT2D eigenvalue weighted by Gasteiger charge is 2.08. The lowest BCUT2D eigenvalue weighted by molar-refractivity contribution is 0.0946. The lowest BCUT2D eigenvalue weighted by atomic mass is 10.1. The molecule has 3 aromatic rings. The fourth-order valence-corrected chi connectivity index (χ4v) is 2.59. The molecule has 132 valence electrons. The first-order valence-corrected chi connectivity index (χ1v) is 8.35. The Kier molecular flexibility index (Phi) is 5.49. The van der Waals surface area contributed by atoms with Crippen molar-refractivity contribution >= 4 is 17.3 Å². The molecule has 3 rings (SSSR count). The van der Waals surface area contributed by atoms with Gasteiger partial charge < -0.3 is 15.4 Å². The number of carbonyl (C=O) groups is 1. The van der Waals surface area contributed by atoms with Gasteiger partial charge in [-0.1, -0.05) is 35.9 Å². The van der Waals surface area contributed by atoms with Crippen LogP contribution in [0.3, 0.4) is 0 Å². The number of hydrogen-bond acceptors (Lipinski definition) is 4. The largest absolute Gasteiger partial charge is 0.497 e. The molecule has 5 nitrogen and oxygen atoms in total. The maximum absolute atomic E-state index is 12.4. The molecular weight excluding hydrogens is 326 g/mol. The molecule has 5 heteroatoms. The summed E-state index contributed by atoms with van der Waals surface area (Å²) in [6, 6.07) is 19.2. The van der Waals surface area contributed by atoms with Crippen LogP contribution in [-0.4, -0.2) is 18.0 Å². The summed E-state index contributed by atoms with van der Waals surface area (Å²) in [5, 5.41) is 6.16. The van der Waals surface area contributed by atoms with Crippen LogP contribution >= 0.6 is 0 Å². The Bertz CT molecular complexity index is 909. The number of hydrogen-bond donors (Lipinski definition) is 2. The van der Waals surface area contributed by atoms with E-state index in [4.69, 9.17) is 4.74 Å². The smallest absolute Gasteiger partial charge is 0.270 e. The summed E-state index contributed by atoms with van der Waals surface area (Å²) in [6.45, 7) is 2.50. The maximum Gasteiger partial charge on any atom is 0.270 e. The van der Waals surface area contributed by atoms with E-state index in [-0.39, 0.29) is 5.91 Å². The number of nitrogens with one attached hydrogen (secondary N) is 2. The van der Waals surface area contributed by atoms with Gasteiger partial charge in [-0.15, -0.1) is 0 Å². The van der Waals surface area contributed by atoms with Gasteiger partial charge >= 0.3 is 0 Å². The van der Waals surface area contributed by atoms with E-state index in [1.54, 1.807) is 19.4 Å². The highest BCUT2D eigenvalue weighted by Crippen LogP contribution is 2.21. The van der Waals surface area contributed by atoms with E-state index in [9.17, 15) is 4.79 Å². The molecule has 0 aliphatic heterocycles. The summed E-state index contributed by atoms with van der Waals surface area (Å²) in [5.41, 5.74) is 4.25. The molecule has 26 heavy (non-hydrogen) atoms. The first-order chi connectivity index (χ1) is 12.6. The zero-order chi connectivity index (χ0) is 18.4. The lowest BCUT2D eigenvalue weighted by Crippen LogP contribution is -2.23. The Labute approximate surface area is 153 Å². The van der Waals surface area contributed by atoms with E-state index in [2.05, 4.69) is 21.7 Å². The molecule has 0 unspecified atom stereocenters. The van der Waals surface area contributed by atoms with Gasteiger partial charge in [0.25, 0.3) is 5.91 Å². The number of benzene rings is 2. The maximum atomic E-state index is 12.4. The molecule has 0 radical (unpaired) electrons. The standard InChI is InChI=1S/C21H21N3O2/c1-15-5-3-6-16(11-15)14-23-21(25)20-13-18(9-10-22-20)24-17-7-4-8-19(12-17)26-2/h3-13H,14H2,1-2H3,(H,22,24)(H,23,25). The van der Waals surface area contributed by atoms with Crippen LogP contribution in [0.4, 0.5) is 11.4 Å². The van der Waals surface area contributed by atoms with Crippen molar-refractivity contribution < 1.29 is 9.53 Å². The molecule has 0 spiro atoms. The second kappa shape index (κ2) is 8.16. The van der Waals surface area contributed by atoms with Gasteiger partial charge in [0.05, 0.1) is 7.11 Å². The minimum absolute atomic E-state index is 0.208. The lowest BCUT2D eigenvalue weighted by Gasteiger charge is -2.10. The van der Waals surface area contributed by atoms with Crippen molar-refractivity contribution in [1.82, 2.24) is 10.3 Å². The number of rotatable bonds is 6. The first kappa shape index (κ1) is 17.5. The number of nitrogens with zero attached hydrogens (tertiary/aromatic N) is 1. The van der Waals surface area contributed by atoms with Crippen LogP contribution in [0.1, 0.15) is 21.6 Å². The Morgan fingerprint density at radius 1 is 1.04 bits per heavy atom. The Morgan fingerprint density at radius 2 is 1.85 bits per heavy atom. The van der Waals surface area contributed by atoms with Gasteiger partial charge in [-0.05, 0) is 36.8 Å². The normalized spacial score (nSPS) is 10.2. The van der Waals surface area contributed by atoms with E-state index in [0.717, 1.165) is 22.7 Å². The summed E-state index contributed by atoms with van der Waals surface area (Å²) in [4.78, 5) is 16.6. The van der Waals surface area contributed by atoms with Crippen LogP contribution in [0.15, 0.2) is 66.9 Å². The molecule has 1 heterocycles. The van der Waals surface area contributed by atoms with E-state index >= 15 is 0 Å². The molecule has 0 fully saturated rings. The van der Waals surface area contributed by atoms with Crippen LogP contribution in [0.2, 0.25) is 0 Å². The van der Waals surface area contributed by atoms with Gasteiger partial charge in [-0.25, -0.2) is 0 Å². The average molecular weight is 347 g/mol. The number of amides is 1. The molecule has 1 aromatic heterocycles. The van der Waals surface area contributed by atoms with Crippen molar-refractivity contribution in [2.45, 2.75) is 13.5 Å². The topological polar surface area (TPSA) is 63.2 Å². The first-order valence-electron chi connectivity index (χ1n) is 8.35. The third-order valence-electron chi connectivity index (χ3n) is 3.89. The Balaban J connectivity index is 1.67. The molecule has 0 bridgehead atoms. The monoisotopic (exact) mass is 347 g/mol. The molecule has 0 saturated heterocycles. The number of anilines is 2. The van der Waals surface area contributed by atoms with Gasteiger partial charge in [0.2, 0.25) is 0 Å². The van der Waals surface area contributed by atoms with Crippen LogP contribution < -0.4 is 15.4 Å². The van der Waals surface area contributed by atoms with Gasteiger partial charge in [0.15, 0.2) is 0 Å². The SMILES string of the molecule is COc1cccc(Nc2ccnc(C(=O)NCc3cccc(C)c3)c2)c1. The van der Waals surface area contributed by atoms with Gasteiger partial charge in [0, 0.05) is 30.2 Å². The number of carbonyl (C=O) groups excluding carboxylic acids is 1. The Morgan fingerprint density at radius 3 is 2.65 bits per heavy atom. The van der Waals surface area contributed by atoms with Crippen molar-refractivity contribution in [3.05, 3.63) is 83.7 Å². The molecule has 1 amide bonds. The zero-order valence-electron chi connectivity index (χ0n) is 14.8. The fourth-order valence-electron chi connectivity index (χ4n) is 2.59. The molecule has 0 atom stereocenters. The third-order valence-corrected chi connectivity index (χ3v) is 3.89. The molecule has 0 aliphatic rings. The van der Waals surface area contributed by atoms with Crippen molar-refractivity contribution in [3.63, 3.8) is 0 Å². The summed E-state index contributed by atoms with van der Waals surface area (Å²) in [6.07, 6.45) is 1.62. The Hall–Kier alpha value is -3.34. The van der Waals surface area contributed by atoms with E-state index in [0.29, 0.717) is 12.2 Å². The fraction of sp³-hybridized carbons (Fsp3) is 0.143. The number of pyridine rings is 1. The van der Waals surface area contributed by atoms with Crippen molar-refractivity contribution in [2.75, 3.05) is 12.4 Å². The van der Waals surface area contributed by atoms with E-state index in [1.807, 2.05) is 55.5 Å². The molecule has 2 N–H and O–H groups in total. The minimum atomic E-state index is -0.208. The quantitative estimate of drug-likeness (QED) is 0.705. The summed E-state index contributed by atoms with van der Waals surface area (Å²) in [7, 11) is 1.63. The average Bonchev–Trinajstić information content (AvgIpc) is 2.66. The molecular formula is C21H21N3O2. The highest BCUT2D eigenvalue weighted by atomic mass is 16.5. The molecule has 0 saturated carbocycles.